The number of benzene rings is 2. The second-order valence-electron chi connectivity index (χ2n) is 7.37. The van der Waals surface area contributed by atoms with Crippen LogP contribution in [0.1, 0.15) is 19.8 Å². The lowest BCUT2D eigenvalue weighted by Gasteiger charge is -2.17. The predicted octanol–water partition coefficient (Wildman–Crippen LogP) is 1.67. The average Bonchev–Trinajstić information content (AvgIpc) is 3.23. The van der Waals surface area contributed by atoms with Crippen molar-refractivity contribution in [3.8, 4) is 5.75 Å². The van der Waals surface area contributed by atoms with Crippen molar-refractivity contribution in [1.82, 2.24) is 4.72 Å². The number of esters is 1. The molecule has 1 heterocycles. The molecule has 1 atom stereocenters. The van der Waals surface area contributed by atoms with E-state index in [9.17, 15) is 22.8 Å². The van der Waals surface area contributed by atoms with Crippen molar-refractivity contribution in [2.45, 2.75) is 30.7 Å². The Balaban J connectivity index is 1.51. The van der Waals surface area contributed by atoms with Crippen LogP contribution in [0.3, 0.4) is 0 Å². The Hall–Kier alpha value is -3.44. The fourth-order valence-corrected chi connectivity index (χ4v) is 4.43. The first-order chi connectivity index (χ1) is 15.7. The zero-order valence-corrected chi connectivity index (χ0v) is 19.1. The Bertz CT molecular complexity index is 1130. The van der Waals surface area contributed by atoms with Gasteiger partial charge in [0.2, 0.25) is 15.9 Å². The Morgan fingerprint density at radius 3 is 2.52 bits per heavy atom. The standard InChI is InChI=1S/C22H25N3O7S/c1-15(24-33(29,30)19-10-8-18(31-2)9-11-19)22(28)32-14-20(26)23-16-5-3-6-17(13-16)25-12-4-7-21(25)27/h3,5-6,8-11,13,15,24H,4,7,12,14H2,1-2H3,(H,23,26)/t15-/m0/s1. The number of carbonyl (C=O) groups excluding carboxylic acids is 3. The van der Waals surface area contributed by atoms with Gasteiger partial charge in [0.15, 0.2) is 6.61 Å². The highest BCUT2D eigenvalue weighted by molar-refractivity contribution is 7.89. The second kappa shape index (κ2) is 10.5. The molecule has 1 aliphatic rings. The molecule has 10 nitrogen and oxygen atoms in total. The van der Waals surface area contributed by atoms with Crippen LogP contribution in [0.25, 0.3) is 0 Å². The number of nitrogens with one attached hydrogen (secondary N) is 2. The maximum atomic E-state index is 12.4. The summed E-state index contributed by atoms with van der Waals surface area (Å²) in [7, 11) is -2.51. The van der Waals surface area contributed by atoms with Crippen molar-refractivity contribution in [1.29, 1.82) is 0 Å². The molecule has 2 N–H and O–H groups in total. The Morgan fingerprint density at radius 2 is 1.88 bits per heavy atom. The fraction of sp³-hybridized carbons (Fsp3) is 0.318. The van der Waals surface area contributed by atoms with E-state index in [1.165, 1.54) is 38.3 Å². The van der Waals surface area contributed by atoms with E-state index in [4.69, 9.17) is 9.47 Å². The molecule has 2 aromatic rings. The minimum atomic E-state index is -3.97. The molecule has 0 aliphatic carbocycles. The maximum absolute atomic E-state index is 12.4. The summed E-state index contributed by atoms with van der Waals surface area (Å²) < 4.78 is 37.0. The van der Waals surface area contributed by atoms with Crippen LogP contribution in [0.4, 0.5) is 11.4 Å². The van der Waals surface area contributed by atoms with E-state index in [1.807, 2.05) is 0 Å². The highest BCUT2D eigenvalue weighted by Crippen LogP contribution is 2.24. The molecule has 0 aromatic heterocycles. The molecule has 0 saturated carbocycles. The van der Waals surface area contributed by atoms with Gasteiger partial charge in [-0.15, -0.1) is 0 Å². The molecule has 1 aliphatic heterocycles. The molecule has 1 fully saturated rings. The van der Waals surface area contributed by atoms with E-state index in [-0.39, 0.29) is 10.8 Å². The van der Waals surface area contributed by atoms with Gasteiger partial charge in [-0.25, -0.2) is 8.42 Å². The van der Waals surface area contributed by atoms with Gasteiger partial charge < -0.3 is 19.7 Å². The quantitative estimate of drug-likeness (QED) is 0.528. The molecule has 33 heavy (non-hydrogen) atoms. The van der Waals surface area contributed by atoms with Crippen LogP contribution in [-0.4, -0.2) is 52.5 Å². The molecule has 1 saturated heterocycles. The van der Waals surface area contributed by atoms with Crippen LogP contribution in [0.2, 0.25) is 0 Å². The molecule has 0 radical (unpaired) electrons. The van der Waals surface area contributed by atoms with Crippen molar-refractivity contribution >= 4 is 39.2 Å². The van der Waals surface area contributed by atoms with Gasteiger partial charge in [-0.3, -0.25) is 14.4 Å². The molecular weight excluding hydrogens is 450 g/mol. The first-order valence-corrected chi connectivity index (χ1v) is 11.7. The second-order valence-corrected chi connectivity index (χ2v) is 9.09. The van der Waals surface area contributed by atoms with Gasteiger partial charge in [0.1, 0.15) is 11.8 Å². The van der Waals surface area contributed by atoms with E-state index in [0.29, 0.717) is 30.1 Å². The van der Waals surface area contributed by atoms with Gasteiger partial charge in [0, 0.05) is 24.3 Å². The highest BCUT2D eigenvalue weighted by Gasteiger charge is 2.24. The normalized spacial score (nSPS) is 14.6. The number of ether oxygens (including phenoxy) is 2. The van der Waals surface area contributed by atoms with E-state index >= 15 is 0 Å². The zero-order chi connectivity index (χ0) is 24.0. The van der Waals surface area contributed by atoms with Gasteiger partial charge in [-0.05, 0) is 55.8 Å². The summed E-state index contributed by atoms with van der Waals surface area (Å²) in [6.45, 7) is 1.34. The van der Waals surface area contributed by atoms with Crippen molar-refractivity contribution < 1.29 is 32.3 Å². The molecule has 2 aromatic carbocycles. The Labute approximate surface area is 191 Å². The summed E-state index contributed by atoms with van der Waals surface area (Å²) in [6.07, 6.45) is 1.28. The van der Waals surface area contributed by atoms with E-state index < -0.39 is 34.5 Å². The van der Waals surface area contributed by atoms with Crippen LogP contribution in [-0.2, 0) is 29.1 Å². The van der Waals surface area contributed by atoms with Crippen molar-refractivity contribution in [2.24, 2.45) is 0 Å². The number of carbonyl (C=O) groups is 3. The molecule has 0 bridgehead atoms. The summed E-state index contributed by atoms with van der Waals surface area (Å²) in [4.78, 5) is 37.9. The van der Waals surface area contributed by atoms with E-state index in [1.54, 1.807) is 29.2 Å². The molecule has 11 heteroatoms. The number of methoxy groups -OCH3 is 1. The minimum absolute atomic E-state index is 0.0264. The molecule has 176 valence electrons. The highest BCUT2D eigenvalue weighted by atomic mass is 32.2. The van der Waals surface area contributed by atoms with Crippen LogP contribution in [0, 0.1) is 0 Å². The van der Waals surface area contributed by atoms with Crippen LogP contribution < -0.4 is 19.7 Å². The zero-order valence-electron chi connectivity index (χ0n) is 18.2. The number of anilines is 2. The molecule has 3 rings (SSSR count). The summed E-state index contributed by atoms with van der Waals surface area (Å²) in [5, 5.41) is 2.60. The number of sulfonamides is 1. The lowest BCUT2D eigenvalue weighted by atomic mass is 10.2. The van der Waals surface area contributed by atoms with Gasteiger partial charge in [-0.2, -0.15) is 4.72 Å². The summed E-state index contributed by atoms with van der Waals surface area (Å²) in [6, 6.07) is 11.2. The SMILES string of the molecule is COc1ccc(S(=O)(=O)N[C@@H](C)C(=O)OCC(=O)Nc2cccc(N3CCCC3=O)c2)cc1. The Morgan fingerprint density at radius 1 is 1.15 bits per heavy atom. The van der Waals surface area contributed by atoms with Crippen molar-refractivity contribution in [2.75, 3.05) is 30.5 Å². The van der Waals surface area contributed by atoms with Gasteiger partial charge in [0.05, 0.1) is 12.0 Å². The van der Waals surface area contributed by atoms with Gasteiger partial charge in [-0.1, -0.05) is 6.07 Å². The van der Waals surface area contributed by atoms with Gasteiger partial charge in [0.25, 0.3) is 5.91 Å². The number of rotatable bonds is 9. The number of hydrogen-bond donors (Lipinski definition) is 2. The lowest BCUT2D eigenvalue weighted by Crippen LogP contribution is -2.40. The topological polar surface area (TPSA) is 131 Å². The number of nitrogens with zero attached hydrogens (tertiary/aromatic N) is 1. The maximum Gasteiger partial charge on any atom is 0.324 e. The third-order valence-corrected chi connectivity index (χ3v) is 6.47. The van der Waals surface area contributed by atoms with Crippen LogP contribution in [0.15, 0.2) is 53.4 Å². The Kier molecular flexibility index (Phi) is 7.67. The predicted molar refractivity (Wildman–Crippen MR) is 120 cm³/mol. The lowest BCUT2D eigenvalue weighted by molar-refractivity contribution is -0.148. The minimum Gasteiger partial charge on any atom is -0.497 e. The molecule has 2 amide bonds. The average molecular weight is 476 g/mol. The summed E-state index contributed by atoms with van der Waals surface area (Å²) >= 11 is 0. The number of hydrogen-bond acceptors (Lipinski definition) is 7. The molecular formula is C22H25N3O7S. The van der Waals surface area contributed by atoms with Gasteiger partial charge >= 0.3 is 5.97 Å². The third kappa shape index (κ3) is 6.30. The smallest absolute Gasteiger partial charge is 0.324 e. The first-order valence-electron chi connectivity index (χ1n) is 10.2. The monoisotopic (exact) mass is 475 g/mol. The largest absolute Gasteiger partial charge is 0.497 e. The van der Waals surface area contributed by atoms with Crippen LogP contribution >= 0.6 is 0 Å². The summed E-state index contributed by atoms with van der Waals surface area (Å²) in [5.74, 6) is -0.986. The van der Waals surface area contributed by atoms with Crippen molar-refractivity contribution in [3.05, 3.63) is 48.5 Å². The van der Waals surface area contributed by atoms with E-state index in [0.717, 1.165) is 6.42 Å². The third-order valence-electron chi connectivity index (χ3n) is 4.92. The molecule has 0 unspecified atom stereocenters. The molecule has 0 spiro atoms. The van der Waals surface area contributed by atoms with Crippen molar-refractivity contribution in [3.63, 3.8) is 0 Å². The number of amides is 2. The van der Waals surface area contributed by atoms with Crippen LogP contribution in [0.5, 0.6) is 5.75 Å². The van der Waals surface area contributed by atoms with E-state index in [2.05, 4.69) is 10.0 Å². The first kappa shape index (κ1) is 24.2. The summed E-state index contributed by atoms with van der Waals surface area (Å²) in [5.41, 5.74) is 1.12. The fourth-order valence-electron chi connectivity index (χ4n) is 3.24.